The fourth-order valence-corrected chi connectivity index (χ4v) is 4.80. The number of hydrogen-bond acceptors (Lipinski definition) is 5. The van der Waals surface area contributed by atoms with Crippen molar-refractivity contribution in [2.24, 2.45) is 0 Å². The number of nitrogens with zero attached hydrogens (tertiary/aromatic N) is 2. The number of nitro benzene ring substituents is 1. The number of non-ortho nitro benzene ring substituents is 1. The third-order valence-corrected chi connectivity index (χ3v) is 6.34. The largest absolute Gasteiger partial charge is 0.371 e. The Hall–Kier alpha value is -2.64. The van der Waals surface area contributed by atoms with Crippen LogP contribution in [0.4, 0.5) is 17.1 Å². The smallest absolute Gasteiger partial charge is 0.287 e. The molecular formula is C19H16ClN3O3S. The van der Waals surface area contributed by atoms with Crippen LogP contribution < -0.4 is 10.2 Å². The summed E-state index contributed by atoms with van der Waals surface area (Å²) in [7, 11) is 0. The lowest BCUT2D eigenvalue weighted by Gasteiger charge is -2.18. The highest BCUT2D eigenvalue weighted by Crippen LogP contribution is 2.40. The Labute approximate surface area is 164 Å². The highest BCUT2D eigenvalue weighted by Gasteiger charge is 2.23. The molecule has 0 aliphatic carbocycles. The van der Waals surface area contributed by atoms with Crippen molar-refractivity contribution in [1.29, 1.82) is 0 Å². The van der Waals surface area contributed by atoms with E-state index in [1.54, 1.807) is 12.1 Å². The van der Waals surface area contributed by atoms with Crippen LogP contribution in [0.1, 0.15) is 22.5 Å². The lowest BCUT2D eigenvalue weighted by Crippen LogP contribution is -2.18. The van der Waals surface area contributed by atoms with E-state index in [4.69, 9.17) is 11.6 Å². The van der Waals surface area contributed by atoms with Crippen LogP contribution in [0.25, 0.3) is 10.1 Å². The first kappa shape index (κ1) is 17.8. The second-order valence-electron chi connectivity index (χ2n) is 6.35. The monoisotopic (exact) mass is 401 g/mol. The van der Waals surface area contributed by atoms with Crippen LogP contribution in [-0.2, 0) is 0 Å². The SMILES string of the molecule is O=C(Nc1cccc(N2CCCC2)c1)c1sc2c([N+](=O)[O-])cccc2c1Cl. The molecule has 1 aliphatic heterocycles. The molecule has 2 heterocycles. The van der Waals surface area contributed by atoms with Gasteiger partial charge in [-0.1, -0.05) is 29.8 Å². The van der Waals surface area contributed by atoms with Crippen LogP contribution in [-0.4, -0.2) is 23.9 Å². The summed E-state index contributed by atoms with van der Waals surface area (Å²) in [6, 6.07) is 12.4. The Morgan fingerprint density at radius 2 is 1.93 bits per heavy atom. The summed E-state index contributed by atoms with van der Waals surface area (Å²) in [4.78, 5) is 26.1. The molecule has 0 bridgehead atoms. The number of carbonyl (C=O) groups excluding carboxylic acids is 1. The maximum absolute atomic E-state index is 12.7. The topological polar surface area (TPSA) is 75.5 Å². The van der Waals surface area contributed by atoms with Crippen molar-refractivity contribution in [1.82, 2.24) is 0 Å². The van der Waals surface area contributed by atoms with Crippen LogP contribution in [0, 0.1) is 10.1 Å². The van der Waals surface area contributed by atoms with Gasteiger partial charge in [0, 0.05) is 35.9 Å². The molecule has 1 fully saturated rings. The van der Waals surface area contributed by atoms with Gasteiger partial charge in [-0.05, 0) is 31.0 Å². The zero-order valence-corrected chi connectivity index (χ0v) is 15.8. The molecule has 6 nitrogen and oxygen atoms in total. The van der Waals surface area contributed by atoms with E-state index in [9.17, 15) is 14.9 Å². The molecule has 3 aromatic rings. The minimum Gasteiger partial charge on any atom is -0.371 e. The number of amides is 1. The molecule has 8 heteroatoms. The number of benzene rings is 2. The van der Waals surface area contributed by atoms with E-state index in [1.807, 2.05) is 24.3 Å². The number of nitro groups is 1. The number of halogens is 1. The van der Waals surface area contributed by atoms with Gasteiger partial charge in [0.25, 0.3) is 11.6 Å². The molecule has 4 rings (SSSR count). The minimum absolute atomic E-state index is 0.0468. The number of anilines is 2. The average molecular weight is 402 g/mol. The average Bonchev–Trinajstić information content (AvgIpc) is 3.30. The van der Waals surface area contributed by atoms with Gasteiger partial charge in [-0.15, -0.1) is 11.3 Å². The normalized spacial score (nSPS) is 13.9. The molecule has 0 saturated carbocycles. The van der Waals surface area contributed by atoms with Crippen molar-refractivity contribution in [2.75, 3.05) is 23.3 Å². The highest BCUT2D eigenvalue weighted by atomic mass is 35.5. The van der Waals surface area contributed by atoms with Gasteiger partial charge in [0.1, 0.15) is 9.58 Å². The maximum atomic E-state index is 12.7. The fourth-order valence-electron chi connectivity index (χ4n) is 3.31. The number of thiophene rings is 1. The molecule has 0 unspecified atom stereocenters. The van der Waals surface area contributed by atoms with E-state index in [-0.39, 0.29) is 21.5 Å². The lowest BCUT2D eigenvalue weighted by molar-refractivity contribution is -0.382. The Morgan fingerprint density at radius 3 is 2.67 bits per heavy atom. The quantitative estimate of drug-likeness (QED) is 0.474. The number of rotatable bonds is 4. The molecule has 138 valence electrons. The number of carbonyl (C=O) groups is 1. The van der Waals surface area contributed by atoms with Crippen LogP contribution in [0.2, 0.25) is 5.02 Å². The first-order valence-electron chi connectivity index (χ1n) is 8.56. The molecule has 1 saturated heterocycles. The third-order valence-electron chi connectivity index (χ3n) is 4.61. The Bertz CT molecular complexity index is 1040. The summed E-state index contributed by atoms with van der Waals surface area (Å²) in [6.45, 7) is 2.03. The van der Waals surface area contributed by atoms with Gasteiger partial charge in [-0.3, -0.25) is 14.9 Å². The van der Waals surface area contributed by atoms with Gasteiger partial charge >= 0.3 is 0 Å². The molecule has 1 aliphatic rings. The van der Waals surface area contributed by atoms with Gasteiger partial charge in [0.05, 0.1) is 9.95 Å². The van der Waals surface area contributed by atoms with Crippen molar-refractivity contribution >= 4 is 56.0 Å². The third kappa shape index (κ3) is 3.36. The molecule has 0 atom stereocenters. The summed E-state index contributed by atoms with van der Waals surface area (Å²) in [5.41, 5.74) is 1.70. The molecular weight excluding hydrogens is 386 g/mol. The van der Waals surface area contributed by atoms with Crippen molar-refractivity contribution in [3.63, 3.8) is 0 Å². The van der Waals surface area contributed by atoms with E-state index in [1.165, 1.54) is 18.9 Å². The number of nitrogens with one attached hydrogen (secondary N) is 1. The fraction of sp³-hybridized carbons (Fsp3) is 0.211. The second-order valence-corrected chi connectivity index (χ2v) is 7.75. The summed E-state index contributed by atoms with van der Waals surface area (Å²) >= 11 is 7.39. The van der Waals surface area contributed by atoms with Crippen LogP contribution in [0.3, 0.4) is 0 Å². The first-order chi connectivity index (χ1) is 13.0. The number of fused-ring (bicyclic) bond motifs is 1. The molecule has 1 amide bonds. The zero-order chi connectivity index (χ0) is 19.0. The minimum atomic E-state index is -0.462. The molecule has 0 spiro atoms. The van der Waals surface area contributed by atoms with Crippen molar-refractivity contribution in [3.8, 4) is 0 Å². The van der Waals surface area contributed by atoms with Gasteiger partial charge < -0.3 is 10.2 Å². The summed E-state index contributed by atoms with van der Waals surface area (Å²) < 4.78 is 0.406. The van der Waals surface area contributed by atoms with Crippen LogP contribution in [0.5, 0.6) is 0 Å². The highest BCUT2D eigenvalue weighted by molar-refractivity contribution is 7.22. The Kier molecular flexibility index (Phi) is 4.72. The van der Waals surface area contributed by atoms with Gasteiger partial charge in [-0.25, -0.2) is 0 Å². The van der Waals surface area contributed by atoms with Crippen LogP contribution in [0.15, 0.2) is 42.5 Å². The van der Waals surface area contributed by atoms with E-state index in [0.717, 1.165) is 30.1 Å². The van der Waals surface area contributed by atoms with E-state index < -0.39 is 4.92 Å². The van der Waals surface area contributed by atoms with Crippen molar-refractivity contribution in [2.45, 2.75) is 12.8 Å². The van der Waals surface area contributed by atoms with Gasteiger partial charge in [-0.2, -0.15) is 0 Å². The van der Waals surface area contributed by atoms with Crippen molar-refractivity contribution < 1.29 is 9.72 Å². The first-order valence-corrected chi connectivity index (χ1v) is 9.76. The molecule has 27 heavy (non-hydrogen) atoms. The lowest BCUT2D eigenvalue weighted by atomic mass is 10.2. The Balaban J connectivity index is 1.64. The van der Waals surface area contributed by atoms with E-state index >= 15 is 0 Å². The van der Waals surface area contributed by atoms with Crippen molar-refractivity contribution in [3.05, 3.63) is 62.5 Å². The van der Waals surface area contributed by atoms with Crippen LogP contribution >= 0.6 is 22.9 Å². The molecule has 1 N–H and O–H groups in total. The number of hydrogen-bond donors (Lipinski definition) is 1. The summed E-state index contributed by atoms with van der Waals surface area (Å²) in [6.07, 6.45) is 2.35. The Morgan fingerprint density at radius 1 is 1.19 bits per heavy atom. The second kappa shape index (κ2) is 7.17. The summed E-state index contributed by atoms with van der Waals surface area (Å²) in [5, 5.41) is 14.8. The zero-order valence-electron chi connectivity index (χ0n) is 14.3. The van der Waals surface area contributed by atoms with E-state index in [2.05, 4.69) is 10.2 Å². The van der Waals surface area contributed by atoms with Gasteiger partial charge in [0.15, 0.2) is 0 Å². The van der Waals surface area contributed by atoms with Gasteiger partial charge in [0.2, 0.25) is 0 Å². The van der Waals surface area contributed by atoms with E-state index in [0.29, 0.717) is 15.8 Å². The summed E-state index contributed by atoms with van der Waals surface area (Å²) in [5.74, 6) is -0.367. The predicted octanol–water partition coefficient (Wildman–Crippen LogP) is 5.32. The maximum Gasteiger partial charge on any atom is 0.287 e. The molecule has 1 aromatic heterocycles. The molecule has 0 radical (unpaired) electrons. The molecule has 2 aromatic carbocycles. The predicted molar refractivity (Wildman–Crippen MR) is 109 cm³/mol. The standard InChI is InChI=1S/C19H16ClN3O3S/c20-16-14-7-4-8-15(23(25)26)17(14)27-18(16)19(24)21-12-5-3-6-13(11-12)22-9-1-2-10-22/h3-8,11H,1-2,9-10H2,(H,21,24).